The van der Waals surface area contributed by atoms with E-state index in [-0.39, 0.29) is 11.8 Å². The highest BCUT2D eigenvalue weighted by Gasteiger charge is 2.10. The summed E-state index contributed by atoms with van der Waals surface area (Å²) >= 11 is 0. The van der Waals surface area contributed by atoms with Crippen molar-refractivity contribution in [2.24, 2.45) is 0 Å². The third-order valence-corrected chi connectivity index (χ3v) is 4.19. The number of benzene rings is 3. The number of hydrogen-bond donors (Lipinski definition) is 2. The molecule has 3 aromatic carbocycles. The minimum atomic E-state index is -0.256. The van der Waals surface area contributed by atoms with E-state index in [0.717, 1.165) is 11.5 Å². The minimum absolute atomic E-state index is 0.256. The third kappa shape index (κ3) is 6.67. The van der Waals surface area contributed by atoms with Crippen molar-refractivity contribution in [2.75, 3.05) is 26.3 Å². The molecule has 2 amide bonds. The summed E-state index contributed by atoms with van der Waals surface area (Å²) in [6.45, 7) is 1.44. The third-order valence-electron chi connectivity index (χ3n) is 4.19. The maximum Gasteiger partial charge on any atom is 0.251 e. The molecule has 0 saturated carbocycles. The van der Waals surface area contributed by atoms with E-state index in [9.17, 15) is 9.59 Å². The minimum Gasteiger partial charge on any atom is -0.492 e. The zero-order chi connectivity index (χ0) is 21.0. The Hall–Kier alpha value is -3.80. The number of carbonyl (C=O) groups is 2. The standard InChI is InChI=1S/C24H24N2O4/c27-23(25-14-16-29-21-10-3-1-4-11-21)19-8-7-9-20(18-19)24(28)26-15-17-30-22-12-5-2-6-13-22/h1-13,18H,14-17H2,(H,25,27)(H,26,28). The lowest BCUT2D eigenvalue weighted by atomic mass is 10.1. The molecule has 0 fully saturated rings. The van der Waals surface area contributed by atoms with Gasteiger partial charge in [0.2, 0.25) is 0 Å². The van der Waals surface area contributed by atoms with Crippen molar-refractivity contribution in [3.8, 4) is 11.5 Å². The largest absolute Gasteiger partial charge is 0.492 e. The molecule has 2 N–H and O–H groups in total. The first-order valence-corrected chi connectivity index (χ1v) is 9.74. The van der Waals surface area contributed by atoms with Gasteiger partial charge in [0, 0.05) is 11.1 Å². The van der Waals surface area contributed by atoms with E-state index in [2.05, 4.69) is 10.6 Å². The molecule has 0 unspecified atom stereocenters. The van der Waals surface area contributed by atoms with Crippen molar-refractivity contribution in [2.45, 2.75) is 0 Å². The SMILES string of the molecule is O=C(NCCOc1ccccc1)c1cccc(C(=O)NCCOc2ccccc2)c1. The average Bonchev–Trinajstić information content (AvgIpc) is 2.81. The van der Waals surface area contributed by atoms with E-state index in [0.29, 0.717) is 37.4 Å². The number of amides is 2. The van der Waals surface area contributed by atoms with Gasteiger partial charge in [-0.25, -0.2) is 0 Å². The van der Waals surface area contributed by atoms with Gasteiger partial charge in [0.25, 0.3) is 11.8 Å². The molecular weight excluding hydrogens is 380 g/mol. The molecule has 0 aliphatic rings. The Labute approximate surface area is 175 Å². The summed E-state index contributed by atoms with van der Waals surface area (Å²) in [6, 6.07) is 25.4. The highest BCUT2D eigenvalue weighted by molar-refractivity contribution is 5.99. The first kappa shape index (κ1) is 20.9. The van der Waals surface area contributed by atoms with Crippen LogP contribution >= 0.6 is 0 Å². The van der Waals surface area contributed by atoms with Crippen molar-refractivity contribution in [1.29, 1.82) is 0 Å². The highest BCUT2D eigenvalue weighted by atomic mass is 16.5. The van der Waals surface area contributed by atoms with E-state index < -0.39 is 0 Å². The Kier molecular flexibility index (Phi) is 7.85. The van der Waals surface area contributed by atoms with Gasteiger partial charge in [-0.3, -0.25) is 9.59 Å². The van der Waals surface area contributed by atoms with E-state index in [1.807, 2.05) is 60.7 Å². The first-order chi connectivity index (χ1) is 14.7. The Balaban J connectivity index is 1.41. The number of para-hydroxylation sites is 2. The van der Waals surface area contributed by atoms with Crippen LogP contribution in [-0.4, -0.2) is 38.1 Å². The van der Waals surface area contributed by atoms with Crippen LogP contribution in [-0.2, 0) is 0 Å². The lowest BCUT2D eigenvalue weighted by molar-refractivity contribution is 0.0946. The zero-order valence-electron chi connectivity index (χ0n) is 16.5. The van der Waals surface area contributed by atoms with Crippen LogP contribution in [0.3, 0.4) is 0 Å². The van der Waals surface area contributed by atoms with Crippen molar-refractivity contribution in [3.05, 3.63) is 96.1 Å². The van der Waals surface area contributed by atoms with E-state index in [4.69, 9.17) is 9.47 Å². The molecule has 6 nitrogen and oxygen atoms in total. The summed E-state index contributed by atoms with van der Waals surface area (Å²) in [4.78, 5) is 24.7. The van der Waals surface area contributed by atoms with Gasteiger partial charge in [0.1, 0.15) is 24.7 Å². The topological polar surface area (TPSA) is 76.7 Å². The number of hydrogen-bond acceptors (Lipinski definition) is 4. The maximum absolute atomic E-state index is 12.3. The lowest BCUT2D eigenvalue weighted by Gasteiger charge is -2.10. The van der Waals surface area contributed by atoms with Crippen molar-refractivity contribution in [3.63, 3.8) is 0 Å². The number of nitrogens with one attached hydrogen (secondary N) is 2. The molecule has 0 aliphatic carbocycles. The Morgan fingerprint density at radius 2 is 1.03 bits per heavy atom. The van der Waals surface area contributed by atoms with Gasteiger partial charge in [0.05, 0.1) is 13.1 Å². The molecule has 0 heterocycles. The van der Waals surface area contributed by atoms with Crippen LogP contribution in [0.1, 0.15) is 20.7 Å². The summed E-state index contributed by atoms with van der Waals surface area (Å²) in [6.07, 6.45) is 0. The first-order valence-electron chi connectivity index (χ1n) is 9.74. The Morgan fingerprint density at radius 3 is 1.47 bits per heavy atom. The van der Waals surface area contributed by atoms with Gasteiger partial charge >= 0.3 is 0 Å². The smallest absolute Gasteiger partial charge is 0.251 e. The summed E-state index contributed by atoms with van der Waals surface area (Å²) in [5.74, 6) is 0.991. The lowest BCUT2D eigenvalue weighted by Crippen LogP contribution is -2.30. The van der Waals surface area contributed by atoms with Crippen molar-refractivity contribution < 1.29 is 19.1 Å². The summed E-state index contributed by atoms with van der Waals surface area (Å²) in [5, 5.41) is 5.58. The molecule has 3 rings (SSSR count). The van der Waals surface area contributed by atoms with Crippen LogP contribution in [0.5, 0.6) is 11.5 Å². The molecule has 154 valence electrons. The second-order valence-electron chi connectivity index (χ2n) is 6.42. The molecule has 0 spiro atoms. The van der Waals surface area contributed by atoms with Gasteiger partial charge in [-0.1, -0.05) is 42.5 Å². The van der Waals surface area contributed by atoms with E-state index >= 15 is 0 Å². The maximum atomic E-state index is 12.3. The predicted octanol–water partition coefficient (Wildman–Crippen LogP) is 3.30. The molecule has 3 aromatic rings. The van der Waals surface area contributed by atoms with Gasteiger partial charge in [-0.2, -0.15) is 0 Å². The highest BCUT2D eigenvalue weighted by Crippen LogP contribution is 2.09. The predicted molar refractivity (Wildman–Crippen MR) is 115 cm³/mol. The fourth-order valence-electron chi connectivity index (χ4n) is 2.71. The van der Waals surface area contributed by atoms with Crippen LogP contribution in [0.15, 0.2) is 84.9 Å². The molecule has 0 aliphatic heterocycles. The molecule has 0 atom stereocenters. The van der Waals surface area contributed by atoms with Crippen molar-refractivity contribution >= 4 is 11.8 Å². The molecule has 0 bridgehead atoms. The number of rotatable bonds is 10. The fraction of sp³-hybridized carbons (Fsp3) is 0.167. The summed E-state index contributed by atoms with van der Waals surface area (Å²) < 4.78 is 11.1. The molecular formula is C24H24N2O4. The Morgan fingerprint density at radius 1 is 0.600 bits per heavy atom. The van der Waals surface area contributed by atoms with E-state index in [1.54, 1.807) is 24.3 Å². The van der Waals surface area contributed by atoms with Gasteiger partial charge in [-0.15, -0.1) is 0 Å². The zero-order valence-corrected chi connectivity index (χ0v) is 16.5. The normalized spacial score (nSPS) is 10.1. The van der Waals surface area contributed by atoms with Crippen molar-refractivity contribution in [1.82, 2.24) is 10.6 Å². The van der Waals surface area contributed by atoms with E-state index in [1.165, 1.54) is 0 Å². The molecule has 6 heteroatoms. The molecule has 0 radical (unpaired) electrons. The van der Waals surface area contributed by atoms with Crippen LogP contribution in [0.4, 0.5) is 0 Å². The average molecular weight is 404 g/mol. The summed E-state index contributed by atoms with van der Waals surface area (Å²) in [7, 11) is 0. The van der Waals surface area contributed by atoms with Crippen LogP contribution in [0.2, 0.25) is 0 Å². The monoisotopic (exact) mass is 404 g/mol. The Bertz CT molecular complexity index is 871. The number of ether oxygens (including phenoxy) is 2. The van der Waals surface area contributed by atoms with Gasteiger partial charge in [0.15, 0.2) is 0 Å². The quantitative estimate of drug-likeness (QED) is 0.509. The second kappa shape index (κ2) is 11.3. The van der Waals surface area contributed by atoms with Crippen LogP contribution in [0.25, 0.3) is 0 Å². The second-order valence-corrected chi connectivity index (χ2v) is 6.42. The van der Waals surface area contributed by atoms with Gasteiger partial charge in [-0.05, 0) is 42.5 Å². The van der Waals surface area contributed by atoms with Gasteiger partial charge < -0.3 is 20.1 Å². The number of carbonyl (C=O) groups excluding carboxylic acids is 2. The molecule has 0 saturated heterocycles. The summed E-state index contributed by atoms with van der Waals surface area (Å²) in [5.41, 5.74) is 0.839. The fourth-order valence-corrected chi connectivity index (χ4v) is 2.71. The van der Waals surface area contributed by atoms with Crippen LogP contribution < -0.4 is 20.1 Å². The molecule has 0 aromatic heterocycles. The van der Waals surface area contributed by atoms with Crippen LogP contribution in [0, 0.1) is 0 Å². The molecule has 30 heavy (non-hydrogen) atoms.